The van der Waals surface area contributed by atoms with Crippen molar-refractivity contribution in [2.75, 3.05) is 0 Å². The van der Waals surface area contributed by atoms with Gasteiger partial charge in [0.25, 0.3) is 0 Å². The van der Waals surface area contributed by atoms with Crippen molar-refractivity contribution in [2.24, 2.45) is 17.3 Å². The Balaban J connectivity index is 1.54. The molecule has 6 nitrogen and oxygen atoms in total. The Kier molecular flexibility index (Phi) is 6.82. The lowest BCUT2D eigenvalue weighted by Gasteiger charge is -2.35. The summed E-state index contributed by atoms with van der Waals surface area (Å²) in [7, 11) is 0. The standard InChI is InChI=1S/C31H40N2O4/c1-21(2)36-28(34)26-27(37-31-18-22(3)16-17-25(31)30(31,4)5)33(20-24-14-10-7-11-15-24)29(35)32(26)19-23-12-8-6-9-13-23/h6-15,21-22,25-27H,16-20H2,1-5H3/t22?,25?,26-,27+,31?/m0/s1. The lowest BCUT2D eigenvalue weighted by atomic mass is 9.88. The molecule has 0 spiro atoms. The average Bonchev–Trinajstić information content (AvgIpc) is 3.22. The molecule has 0 bridgehead atoms. The third-order valence-corrected chi connectivity index (χ3v) is 8.76. The lowest BCUT2D eigenvalue weighted by molar-refractivity contribution is -0.170. The van der Waals surface area contributed by atoms with Gasteiger partial charge in [-0.15, -0.1) is 0 Å². The molecule has 0 radical (unpaired) electrons. The van der Waals surface area contributed by atoms with Crippen LogP contribution < -0.4 is 0 Å². The fourth-order valence-corrected chi connectivity index (χ4v) is 6.77. The van der Waals surface area contributed by atoms with Crippen molar-refractivity contribution >= 4 is 12.0 Å². The molecular formula is C31H40N2O4. The minimum absolute atomic E-state index is 0.00141. The number of hydrogen-bond acceptors (Lipinski definition) is 4. The molecule has 0 aromatic heterocycles. The molecule has 3 aliphatic rings. The zero-order valence-electron chi connectivity index (χ0n) is 22.7. The van der Waals surface area contributed by atoms with E-state index in [0.717, 1.165) is 24.0 Å². The van der Waals surface area contributed by atoms with Gasteiger partial charge in [0, 0.05) is 6.54 Å². The molecule has 6 heteroatoms. The minimum Gasteiger partial charge on any atom is -0.461 e. The summed E-state index contributed by atoms with van der Waals surface area (Å²) < 4.78 is 12.8. The predicted molar refractivity (Wildman–Crippen MR) is 142 cm³/mol. The number of fused-ring (bicyclic) bond motifs is 1. The second-order valence-electron chi connectivity index (χ2n) is 12.0. The number of carbonyl (C=O) groups excluding carboxylic acids is 2. The number of benzene rings is 2. The van der Waals surface area contributed by atoms with Crippen LogP contribution in [0.3, 0.4) is 0 Å². The highest BCUT2D eigenvalue weighted by atomic mass is 16.6. The molecule has 3 fully saturated rings. The van der Waals surface area contributed by atoms with E-state index in [-0.39, 0.29) is 23.2 Å². The molecule has 1 heterocycles. The molecule has 2 aromatic rings. The zero-order valence-corrected chi connectivity index (χ0v) is 22.7. The Bertz CT molecular complexity index is 1120. The molecule has 5 atom stereocenters. The molecule has 2 amide bonds. The molecule has 1 saturated heterocycles. The summed E-state index contributed by atoms with van der Waals surface area (Å²) in [6.45, 7) is 11.2. The summed E-state index contributed by atoms with van der Waals surface area (Å²) in [6.07, 6.45) is 2.23. The topological polar surface area (TPSA) is 59.1 Å². The van der Waals surface area contributed by atoms with E-state index in [1.165, 1.54) is 6.42 Å². The Labute approximate surface area is 220 Å². The number of esters is 1. The molecule has 2 saturated carbocycles. The Morgan fingerprint density at radius 2 is 1.51 bits per heavy atom. The van der Waals surface area contributed by atoms with Gasteiger partial charge in [-0.25, -0.2) is 9.59 Å². The average molecular weight is 505 g/mol. The molecule has 5 rings (SSSR count). The summed E-state index contributed by atoms with van der Waals surface area (Å²) in [6, 6.07) is 18.7. The van der Waals surface area contributed by atoms with Crippen LogP contribution in [0.2, 0.25) is 0 Å². The first kappa shape index (κ1) is 25.8. The number of ether oxygens (including phenoxy) is 2. The maximum Gasteiger partial charge on any atom is 0.333 e. The Morgan fingerprint density at radius 3 is 2.08 bits per heavy atom. The van der Waals surface area contributed by atoms with E-state index < -0.39 is 18.2 Å². The number of amides is 2. The van der Waals surface area contributed by atoms with Crippen LogP contribution in [0.4, 0.5) is 4.79 Å². The van der Waals surface area contributed by atoms with Crippen molar-refractivity contribution in [1.82, 2.24) is 9.80 Å². The predicted octanol–water partition coefficient (Wildman–Crippen LogP) is 6.00. The van der Waals surface area contributed by atoms with Crippen molar-refractivity contribution < 1.29 is 19.1 Å². The van der Waals surface area contributed by atoms with E-state index in [4.69, 9.17) is 9.47 Å². The fraction of sp³-hybridized carbons (Fsp3) is 0.548. The molecule has 0 N–H and O–H groups in total. The van der Waals surface area contributed by atoms with Crippen LogP contribution in [0, 0.1) is 17.3 Å². The highest BCUT2D eigenvalue weighted by Gasteiger charge is 2.75. The Morgan fingerprint density at radius 1 is 0.946 bits per heavy atom. The normalized spacial score (nSPS) is 30.4. The van der Waals surface area contributed by atoms with E-state index in [1.54, 1.807) is 9.80 Å². The summed E-state index contributed by atoms with van der Waals surface area (Å²) in [5, 5.41) is 0. The molecule has 198 valence electrons. The highest BCUT2D eigenvalue weighted by Crippen LogP contribution is 2.71. The van der Waals surface area contributed by atoms with Crippen molar-refractivity contribution in [2.45, 2.75) is 90.9 Å². The first-order chi connectivity index (χ1) is 17.6. The van der Waals surface area contributed by atoms with Gasteiger partial charge >= 0.3 is 12.0 Å². The molecule has 2 aromatic carbocycles. The van der Waals surface area contributed by atoms with Crippen LogP contribution in [0.5, 0.6) is 0 Å². The second kappa shape index (κ2) is 9.79. The van der Waals surface area contributed by atoms with E-state index in [1.807, 2.05) is 74.5 Å². The maximum atomic E-state index is 14.1. The van der Waals surface area contributed by atoms with Gasteiger partial charge in [-0.3, -0.25) is 4.90 Å². The summed E-state index contributed by atoms with van der Waals surface area (Å²) in [5.41, 5.74) is 1.62. The summed E-state index contributed by atoms with van der Waals surface area (Å²) in [4.78, 5) is 31.2. The van der Waals surface area contributed by atoms with Gasteiger partial charge in [0.2, 0.25) is 0 Å². The number of carbonyl (C=O) groups is 2. The van der Waals surface area contributed by atoms with Gasteiger partial charge in [0.1, 0.15) is 0 Å². The second-order valence-corrected chi connectivity index (χ2v) is 12.0. The first-order valence-electron chi connectivity index (χ1n) is 13.7. The van der Waals surface area contributed by atoms with Crippen LogP contribution in [-0.2, 0) is 27.4 Å². The van der Waals surface area contributed by atoms with Crippen molar-refractivity contribution in [3.05, 3.63) is 71.8 Å². The van der Waals surface area contributed by atoms with Gasteiger partial charge in [-0.1, -0.05) is 87.9 Å². The monoisotopic (exact) mass is 504 g/mol. The van der Waals surface area contributed by atoms with E-state index in [0.29, 0.717) is 24.9 Å². The van der Waals surface area contributed by atoms with E-state index >= 15 is 0 Å². The van der Waals surface area contributed by atoms with Crippen LogP contribution in [0.1, 0.15) is 65.0 Å². The highest BCUT2D eigenvalue weighted by molar-refractivity contribution is 5.88. The van der Waals surface area contributed by atoms with Gasteiger partial charge in [-0.05, 0) is 55.1 Å². The number of urea groups is 1. The number of rotatable bonds is 8. The van der Waals surface area contributed by atoms with Gasteiger partial charge in [0.05, 0.1) is 18.2 Å². The van der Waals surface area contributed by atoms with Crippen LogP contribution in [0.15, 0.2) is 60.7 Å². The van der Waals surface area contributed by atoms with Crippen molar-refractivity contribution in [3.63, 3.8) is 0 Å². The lowest BCUT2D eigenvalue weighted by Crippen LogP contribution is -2.49. The van der Waals surface area contributed by atoms with Crippen molar-refractivity contribution in [3.8, 4) is 0 Å². The van der Waals surface area contributed by atoms with E-state index in [9.17, 15) is 9.59 Å². The third kappa shape index (κ3) is 4.65. The van der Waals surface area contributed by atoms with Crippen LogP contribution in [-0.4, -0.2) is 45.8 Å². The largest absolute Gasteiger partial charge is 0.461 e. The molecule has 3 unspecified atom stereocenters. The van der Waals surface area contributed by atoms with Gasteiger partial charge < -0.3 is 14.4 Å². The molecule has 2 aliphatic carbocycles. The molecule has 1 aliphatic heterocycles. The van der Waals surface area contributed by atoms with Crippen LogP contribution >= 0.6 is 0 Å². The number of nitrogens with zero attached hydrogens (tertiary/aromatic N) is 2. The Hall–Kier alpha value is -2.86. The number of hydrogen-bond donors (Lipinski definition) is 0. The quantitative estimate of drug-likeness (QED) is 0.414. The van der Waals surface area contributed by atoms with Gasteiger partial charge in [0.15, 0.2) is 12.3 Å². The summed E-state index contributed by atoms with van der Waals surface area (Å²) in [5.74, 6) is 0.559. The van der Waals surface area contributed by atoms with Crippen molar-refractivity contribution in [1.29, 1.82) is 0 Å². The minimum atomic E-state index is -0.845. The van der Waals surface area contributed by atoms with Gasteiger partial charge in [-0.2, -0.15) is 0 Å². The first-order valence-corrected chi connectivity index (χ1v) is 13.7. The molecule has 37 heavy (non-hydrogen) atoms. The smallest absolute Gasteiger partial charge is 0.333 e. The molecular weight excluding hydrogens is 464 g/mol. The third-order valence-electron chi connectivity index (χ3n) is 8.76. The maximum absolute atomic E-state index is 14.1. The van der Waals surface area contributed by atoms with E-state index in [2.05, 4.69) is 20.8 Å². The van der Waals surface area contributed by atoms with Crippen LogP contribution in [0.25, 0.3) is 0 Å². The fourth-order valence-electron chi connectivity index (χ4n) is 6.77. The SMILES string of the molecule is CC1CCC2C(C)(C)C2(O[C@@H]2[C@@H](C(=O)OC(C)C)N(Cc3ccccc3)C(=O)N2Cc2ccccc2)C1. The summed E-state index contributed by atoms with van der Waals surface area (Å²) >= 11 is 0. The zero-order chi connectivity index (χ0) is 26.4.